The van der Waals surface area contributed by atoms with Gasteiger partial charge in [-0.1, -0.05) is 35.1 Å². The summed E-state index contributed by atoms with van der Waals surface area (Å²) in [7, 11) is 0. The molecule has 0 saturated heterocycles. The Morgan fingerprint density at radius 1 is 1.29 bits per heavy atom. The Morgan fingerprint density at radius 2 is 2.08 bits per heavy atom. The molecule has 2 heterocycles. The summed E-state index contributed by atoms with van der Waals surface area (Å²) in [6, 6.07) is 6.54. The highest BCUT2D eigenvalue weighted by Gasteiger charge is 2.17. The zero-order chi connectivity index (χ0) is 17.1. The zero-order valence-electron chi connectivity index (χ0n) is 13.5. The third kappa shape index (κ3) is 3.12. The van der Waals surface area contributed by atoms with Crippen LogP contribution in [-0.2, 0) is 12.3 Å². The van der Waals surface area contributed by atoms with E-state index in [1.165, 1.54) is 17.8 Å². The molecule has 0 spiro atoms. The van der Waals surface area contributed by atoms with E-state index in [2.05, 4.69) is 21.9 Å². The number of halogens is 1. The predicted molar refractivity (Wildman–Crippen MR) is 91.2 cm³/mol. The van der Waals surface area contributed by atoms with E-state index in [4.69, 9.17) is 4.52 Å². The maximum absolute atomic E-state index is 14.1. The summed E-state index contributed by atoms with van der Waals surface area (Å²) < 4.78 is 21.1. The first-order chi connectivity index (χ1) is 11.6. The molecule has 0 aliphatic carbocycles. The standard InChI is InChI=1S/C17H17FN4OS/c1-4-9-22-16(13-7-5-6-8-15(13)18)19-20-17(22)24-10-14-11(2)21-23-12(14)3/h4-8H,1,9-10H2,2-3H3. The molecular formula is C17H17FN4OS. The van der Waals surface area contributed by atoms with E-state index in [0.29, 0.717) is 28.8 Å². The van der Waals surface area contributed by atoms with Crippen molar-refractivity contribution in [2.45, 2.75) is 31.3 Å². The lowest BCUT2D eigenvalue weighted by atomic mass is 10.2. The molecule has 0 aliphatic rings. The van der Waals surface area contributed by atoms with E-state index >= 15 is 0 Å². The Bertz CT molecular complexity index is 852. The van der Waals surface area contributed by atoms with Crippen molar-refractivity contribution in [3.8, 4) is 11.4 Å². The minimum absolute atomic E-state index is 0.322. The fourth-order valence-corrected chi connectivity index (χ4v) is 3.48. The fourth-order valence-electron chi connectivity index (χ4n) is 2.38. The second-order valence-corrected chi connectivity index (χ2v) is 6.22. The van der Waals surface area contributed by atoms with Crippen LogP contribution in [-0.4, -0.2) is 19.9 Å². The van der Waals surface area contributed by atoms with Crippen LogP contribution in [0.15, 0.2) is 46.6 Å². The molecule has 7 heteroatoms. The Balaban J connectivity index is 1.92. The van der Waals surface area contributed by atoms with Gasteiger partial charge in [0.05, 0.1) is 11.3 Å². The number of hydrogen-bond acceptors (Lipinski definition) is 5. The van der Waals surface area contributed by atoms with Crippen LogP contribution in [0.5, 0.6) is 0 Å². The number of hydrogen-bond donors (Lipinski definition) is 0. The van der Waals surface area contributed by atoms with E-state index in [1.54, 1.807) is 24.3 Å². The Kier molecular flexibility index (Phi) is 4.80. The van der Waals surface area contributed by atoms with Crippen molar-refractivity contribution in [2.75, 3.05) is 0 Å². The van der Waals surface area contributed by atoms with E-state index < -0.39 is 0 Å². The number of thioether (sulfide) groups is 1. The van der Waals surface area contributed by atoms with Crippen molar-refractivity contribution in [1.29, 1.82) is 0 Å². The van der Waals surface area contributed by atoms with E-state index in [0.717, 1.165) is 17.0 Å². The predicted octanol–water partition coefficient (Wildman–Crippen LogP) is 4.17. The van der Waals surface area contributed by atoms with Crippen molar-refractivity contribution in [3.05, 3.63) is 59.8 Å². The van der Waals surface area contributed by atoms with Gasteiger partial charge in [-0.25, -0.2) is 4.39 Å². The van der Waals surface area contributed by atoms with Gasteiger partial charge in [0.15, 0.2) is 11.0 Å². The summed E-state index contributed by atoms with van der Waals surface area (Å²) in [6.07, 6.45) is 1.74. The van der Waals surface area contributed by atoms with Crippen LogP contribution in [0.25, 0.3) is 11.4 Å². The van der Waals surface area contributed by atoms with Crippen LogP contribution in [0.4, 0.5) is 4.39 Å². The third-order valence-electron chi connectivity index (χ3n) is 3.67. The molecular weight excluding hydrogens is 327 g/mol. The molecule has 3 aromatic rings. The monoisotopic (exact) mass is 344 g/mol. The molecule has 0 amide bonds. The van der Waals surface area contributed by atoms with Gasteiger partial charge in [-0.05, 0) is 26.0 Å². The molecule has 0 fully saturated rings. The first-order valence-corrected chi connectivity index (χ1v) is 8.44. The Hall–Kier alpha value is -2.41. The second-order valence-electron chi connectivity index (χ2n) is 5.28. The van der Waals surface area contributed by atoms with Crippen LogP contribution in [0.1, 0.15) is 17.0 Å². The number of benzene rings is 1. The van der Waals surface area contributed by atoms with Crippen molar-refractivity contribution in [3.63, 3.8) is 0 Å². The highest BCUT2D eigenvalue weighted by atomic mass is 32.2. The minimum atomic E-state index is -0.322. The van der Waals surface area contributed by atoms with Crippen molar-refractivity contribution in [2.24, 2.45) is 0 Å². The summed E-state index contributed by atoms with van der Waals surface area (Å²) in [5, 5.41) is 13.1. The van der Waals surface area contributed by atoms with Gasteiger partial charge in [0.2, 0.25) is 0 Å². The molecule has 24 heavy (non-hydrogen) atoms. The van der Waals surface area contributed by atoms with Gasteiger partial charge >= 0.3 is 0 Å². The topological polar surface area (TPSA) is 56.7 Å². The van der Waals surface area contributed by atoms with Gasteiger partial charge in [0.25, 0.3) is 0 Å². The number of aromatic nitrogens is 4. The highest BCUT2D eigenvalue weighted by Crippen LogP contribution is 2.29. The molecule has 0 saturated carbocycles. The van der Waals surface area contributed by atoms with Crippen LogP contribution in [0.3, 0.4) is 0 Å². The molecule has 0 radical (unpaired) electrons. The molecule has 2 aromatic heterocycles. The van der Waals surface area contributed by atoms with Gasteiger partial charge in [-0.3, -0.25) is 4.57 Å². The molecule has 5 nitrogen and oxygen atoms in total. The smallest absolute Gasteiger partial charge is 0.192 e. The third-order valence-corrected chi connectivity index (χ3v) is 4.66. The Morgan fingerprint density at radius 3 is 2.75 bits per heavy atom. The summed E-state index contributed by atoms with van der Waals surface area (Å²) in [6.45, 7) is 8.06. The number of rotatable bonds is 6. The minimum Gasteiger partial charge on any atom is -0.361 e. The zero-order valence-corrected chi connectivity index (χ0v) is 14.3. The van der Waals surface area contributed by atoms with Gasteiger partial charge in [0, 0.05) is 17.9 Å². The van der Waals surface area contributed by atoms with Gasteiger partial charge < -0.3 is 4.52 Å². The Labute approximate surface area is 143 Å². The first kappa shape index (κ1) is 16.4. The number of allylic oxidation sites excluding steroid dienone is 1. The lowest BCUT2D eigenvalue weighted by Gasteiger charge is -2.08. The molecule has 3 rings (SSSR count). The molecule has 124 valence electrons. The molecule has 0 bridgehead atoms. The van der Waals surface area contributed by atoms with E-state index in [1.807, 2.05) is 18.4 Å². The lowest BCUT2D eigenvalue weighted by molar-refractivity contribution is 0.392. The number of nitrogens with zero attached hydrogens (tertiary/aromatic N) is 4. The molecule has 0 unspecified atom stereocenters. The average molecular weight is 344 g/mol. The van der Waals surface area contributed by atoms with Crippen molar-refractivity contribution >= 4 is 11.8 Å². The molecule has 1 aromatic carbocycles. The summed E-state index contributed by atoms with van der Waals surface area (Å²) in [5.41, 5.74) is 2.33. The average Bonchev–Trinajstić information content (AvgIpc) is 3.10. The summed E-state index contributed by atoms with van der Waals surface area (Å²) in [5.74, 6) is 1.63. The fraction of sp³-hybridized carbons (Fsp3) is 0.235. The van der Waals surface area contributed by atoms with Crippen LogP contribution in [0.2, 0.25) is 0 Å². The normalized spacial score (nSPS) is 11.0. The van der Waals surface area contributed by atoms with E-state index in [-0.39, 0.29) is 5.82 Å². The van der Waals surface area contributed by atoms with Crippen molar-refractivity contribution < 1.29 is 8.91 Å². The largest absolute Gasteiger partial charge is 0.361 e. The van der Waals surface area contributed by atoms with Crippen molar-refractivity contribution in [1.82, 2.24) is 19.9 Å². The summed E-state index contributed by atoms with van der Waals surface area (Å²) >= 11 is 1.51. The summed E-state index contributed by atoms with van der Waals surface area (Å²) in [4.78, 5) is 0. The van der Waals surface area contributed by atoms with Crippen LogP contribution < -0.4 is 0 Å². The first-order valence-electron chi connectivity index (χ1n) is 7.45. The maximum atomic E-state index is 14.1. The second kappa shape index (κ2) is 7.00. The van der Waals surface area contributed by atoms with Gasteiger partial charge in [-0.15, -0.1) is 16.8 Å². The molecule has 0 atom stereocenters. The van der Waals surface area contributed by atoms with E-state index in [9.17, 15) is 4.39 Å². The SMILES string of the molecule is C=CCn1c(SCc2c(C)noc2C)nnc1-c1ccccc1F. The lowest BCUT2D eigenvalue weighted by Crippen LogP contribution is -2.02. The molecule has 0 aliphatic heterocycles. The van der Waals surface area contributed by atoms with Gasteiger partial charge in [0.1, 0.15) is 11.6 Å². The number of aryl methyl sites for hydroxylation is 2. The van der Waals surface area contributed by atoms with Crippen LogP contribution >= 0.6 is 11.8 Å². The van der Waals surface area contributed by atoms with Crippen LogP contribution in [0, 0.1) is 19.7 Å². The quantitative estimate of drug-likeness (QED) is 0.496. The van der Waals surface area contributed by atoms with Gasteiger partial charge in [-0.2, -0.15) is 0 Å². The highest BCUT2D eigenvalue weighted by molar-refractivity contribution is 7.98. The molecule has 0 N–H and O–H groups in total. The maximum Gasteiger partial charge on any atom is 0.192 e.